The summed E-state index contributed by atoms with van der Waals surface area (Å²) in [6, 6.07) is 5.98. The van der Waals surface area contributed by atoms with Crippen molar-refractivity contribution in [3.05, 3.63) is 28.2 Å². The van der Waals surface area contributed by atoms with Crippen molar-refractivity contribution in [3.8, 4) is 0 Å². The Balaban J connectivity index is 2.27. The molecule has 0 bridgehead atoms. The summed E-state index contributed by atoms with van der Waals surface area (Å²) in [7, 11) is -2.88. The quantitative estimate of drug-likeness (QED) is 0.892. The van der Waals surface area contributed by atoms with E-state index < -0.39 is 9.84 Å². The van der Waals surface area contributed by atoms with Gasteiger partial charge in [0.2, 0.25) is 0 Å². The van der Waals surface area contributed by atoms with Crippen LogP contribution in [0.25, 0.3) is 0 Å². The molecule has 0 radical (unpaired) electrons. The highest BCUT2D eigenvalue weighted by molar-refractivity contribution is 9.10. The molecule has 2 N–H and O–H groups in total. The average Bonchev–Trinajstić information content (AvgIpc) is 2.29. The Morgan fingerprint density at radius 2 is 2.22 bits per heavy atom. The van der Waals surface area contributed by atoms with E-state index in [9.17, 15) is 8.42 Å². The number of nitrogens with two attached hydrogens (primary N) is 1. The smallest absolute Gasteiger partial charge is 0.154 e. The van der Waals surface area contributed by atoms with E-state index in [1.165, 1.54) is 0 Å². The molecule has 1 aromatic rings. The summed E-state index contributed by atoms with van der Waals surface area (Å²) < 4.78 is 24.1. The van der Waals surface area contributed by atoms with E-state index in [1.54, 1.807) is 0 Å². The van der Waals surface area contributed by atoms with Crippen LogP contribution in [0.4, 0.5) is 5.69 Å². The predicted octanol–water partition coefficient (Wildman–Crippen LogP) is 1.53. The molecule has 0 spiro atoms. The fourth-order valence-electron chi connectivity index (χ4n) is 2.27. The van der Waals surface area contributed by atoms with Crippen LogP contribution < -0.4 is 10.6 Å². The first-order valence-electron chi connectivity index (χ1n) is 5.88. The molecule has 1 aliphatic heterocycles. The second-order valence-corrected chi connectivity index (χ2v) is 7.73. The lowest BCUT2D eigenvalue weighted by Crippen LogP contribution is -2.47. The molecule has 0 aromatic heterocycles. The van der Waals surface area contributed by atoms with Crippen molar-refractivity contribution < 1.29 is 8.42 Å². The average molecular weight is 333 g/mol. The maximum atomic E-state index is 11.6. The fraction of sp³-hybridized carbons (Fsp3) is 0.500. The Bertz CT molecular complexity index is 545. The van der Waals surface area contributed by atoms with E-state index in [-0.39, 0.29) is 17.5 Å². The molecule has 0 aliphatic carbocycles. The lowest BCUT2D eigenvalue weighted by Gasteiger charge is -2.35. The SMILES string of the molecule is CC1CS(=O)(=O)CCN1c1ccc(CN)cc1Br. The molecule has 0 saturated carbocycles. The van der Waals surface area contributed by atoms with Gasteiger partial charge in [0, 0.05) is 23.6 Å². The van der Waals surface area contributed by atoms with E-state index in [2.05, 4.69) is 20.8 Å². The van der Waals surface area contributed by atoms with Crippen molar-refractivity contribution >= 4 is 31.5 Å². The molecule has 100 valence electrons. The zero-order chi connectivity index (χ0) is 13.3. The summed E-state index contributed by atoms with van der Waals surface area (Å²) in [4.78, 5) is 2.13. The van der Waals surface area contributed by atoms with Gasteiger partial charge in [0.1, 0.15) is 0 Å². The summed E-state index contributed by atoms with van der Waals surface area (Å²) >= 11 is 3.53. The van der Waals surface area contributed by atoms with Crippen LogP contribution in [0.1, 0.15) is 12.5 Å². The molecule has 2 rings (SSSR count). The highest BCUT2D eigenvalue weighted by Crippen LogP contribution is 2.30. The van der Waals surface area contributed by atoms with Crippen LogP contribution in [0.15, 0.2) is 22.7 Å². The van der Waals surface area contributed by atoms with Gasteiger partial charge in [-0.05, 0) is 40.5 Å². The van der Waals surface area contributed by atoms with Gasteiger partial charge >= 0.3 is 0 Å². The zero-order valence-corrected chi connectivity index (χ0v) is 12.7. The van der Waals surface area contributed by atoms with Gasteiger partial charge in [0.25, 0.3) is 0 Å². The third kappa shape index (κ3) is 2.87. The Labute approximate surface area is 116 Å². The largest absolute Gasteiger partial charge is 0.366 e. The van der Waals surface area contributed by atoms with Crippen molar-refractivity contribution in [1.82, 2.24) is 0 Å². The van der Waals surface area contributed by atoms with Gasteiger partial charge in [-0.25, -0.2) is 8.42 Å². The zero-order valence-electron chi connectivity index (χ0n) is 10.3. The minimum absolute atomic E-state index is 0.00350. The lowest BCUT2D eigenvalue weighted by atomic mass is 10.1. The molecule has 1 saturated heterocycles. The molecule has 4 nitrogen and oxygen atoms in total. The first-order chi connectivity index (χ1) is 8.43. The number of nitrogens with zero attached hydrogens (tertiary/aromatic N) is 1. The minimum atomic E-state index is -2.88. The van der Waals surface area contributed by atoms with Crippen molar-refractivity contribution in [2.24, 2.45) is 5.73 Å². The lowest BCUT2D eigenvalue weighted by molar-refractivity contribution is 0.568. The monoisotopic (exact) mass is 332 g/mol. The number of halogens is 1. The molecule has 1 unspecified atom stereocenters. The van der Waals surface area contributed by atoms with Gasteiger partial charge in [-0.2, -0.15) is 0 Å². The molecule has 1 aromatic carbocycles. The Kier molecular flexibility index (Phi) is 3.99. The van der Waals surface area contributed by atoms with Crippen LogP contribution in [-0.4, -0.2) is 32.5 Å². The van der Waals surface area contributed by atoms with Crippen LogP contribution in [0.2, 0.25) is 0 Å². The number of rotatable bonds is 2. The Morgan fingerprint density at radius 3 is 2.78 bits per heavy atom. The molecule has 1 aliphatic rings. The van der Waals surface area contributed by atoms with E-state index in [4.69, 9.17) is 5.73 Å². The van der Waals surface area contributed by atoms with E-state index in [1.807, 2.05) is 25.1 Å². The number of hydrogen-bond acceptors (Lipinski definition) is 4. The predicted molar refractivity (Wildman–Crippen MR) is 77.5 cm³/mol. The van der Waals surface area contributed by atoms with Crippen molar-refractivity contribution in [2.45, 2.75) is 19.5 Å². The van der Waals surface area contributed by atoms with Crippen LogP contribution >= 0.6 is 15.9 Å². The molecule has 18 heavy (non-hydrogen) atoms. The second-order valence-electron chi connectivity index (χ2n) is 4.65. The third-order valence-corrected chi connectivity index (χ3v) is 5.66. The molecular weight excluding hydrogens is 316 g/mol. The topological polar surface area (TPSA) is 63.4 Å². The molecular formula is C12H17BrN2O2S. The van der Waals surface area contributed by atoms with Crippen molar-refractivity contribution in [1.29, 1.82) is 0 Å². The number of benzene rings is 1. The highest BCUT2D eigenvalue weighted by atomic mass is 79.9. The van der Waals surface area contributed by atoms with E-state index >= 15 is 0 Å². The van der Waals surface area contributed by atoms with Gasteiger partial charge in [-0.15, -0.1) is 0 Å². The van der Waals surface area contributed by atoms with Crippen LogP contribution in [0, 0.1) is 0 Å². The summed E-state index contributed by atoms with van der Waals surface area (Å²) in [6.45, 7) is 2.99. The first-order valence-corrected chi connectivity index (χ1v) is 8.50. The number of hydrogen-bond donors (Lipinski definition) is 1. The van der Waals surface area contributed by atoms with Gasteiger partial charge in [0.15, 0.2) is 9.84 Å². The van der Waals surface area contributed by atoms with Gasteiger partial charge in [-0.3, -0.25) is 0 Å². The molecule has 0 amide bonds. The molecule has 6 heteroatoms. The number of sulfone groups is 1. The minimum Gasteiger partial charge on any atom is -0.366 e. The summed E-state index contributed by atoms with van der Waals surface area (Å²) in [6.07, 6.45) is 0. The highest BCUT2D eigenvalue weighted by Gasteiger charge is 2.29. The fourth-order valence-corrected chi connectivity index (χ4v) is 4.48. The maximum Gasteiger partial charge on any atom is 0.154 e. The van der Waals surface area contributed by atoms with Gasteiger partial charge < -0.3 is 10.6 Å². The maximum absolute atomic E-state index is 11.6. The Hall–Kier alpha value is -0.590. The standard InChI is InChI=1S/C12H17BrN2O2S/c1-9-8-18(16,17)5-4-15(9)12-3-2-10(7-14)6-11(12)13/h2-3,6,9H,4-5,7-8,14H2,1H3. The molecule has 1 fully saturated rings. The van der Waals surface area contributed by atoms with Crippen molar-refractivity contribution in [2.75, 3.05) is 23.0 Å². The number of anilines is 1. The van der Waals surface area contributed by atoms with Crippen molar-refractivity contribution in [3.63, 3.8) is 0 Å². The second kappa shape index (κ2) is 5.19. The Morgan fingerprint density at radius 1 is 1.50 bits per heavy atom. The van der Waals surface area contributed by atoms with Gasteiger partial charge in [-0.1, -0.05) is 6.07 Å². The van der Waals surface area contributed by atoms with Crippen LogP contribution in [0.3, 0.4) is 0 Å². The molecule has 1 heterocycles. The molecule has 1 atom stereocenters. The third-order valence-electron chi connectivity index (χ3n) is 3.23. The van der Waals surface area contributed by atoms with E-state index in [0.29, 0.717) is 13.1 Å². The van der Waals surface area contributed by atoms with Crippen LogP contribution in [0.5, 0.6) is 0 Å². The summed E-state index contributed by atoms with van der Waals surface area (Å²) in [5.74, 6) is 0.445. The van der Waals surface area contributed by atoms with E-state index in [0.717, 1.165) is 15.7 Å². The van der Waals surface area contributed by atoms with Crippen LogP contribution in [-0.2, 0) is 16.4 Å². The summed E-state index contributed by atoms with van der Waals surface area (Å²) in [5, 5.41) is 0. The summed E-state index contributed by atoms with van der Waals surface area (Å²) in [5.41, 5.74) is 7.69. The normalized spacial score (nSPS) is 23.1. The van der Waals surface area contributed by atoms with Gasteiger partial charge in [0.05, 0.1) is 17.2 Å². The first kappa shape index (κ1) is 13.8.